The van der Waals surface area contributed by atoms with Crippen molar-refractivity contribution in [3.63, 3.8) is 0 Å². The molecule has 0 atom stereocenters. The summed E-state index contributed by atoms with van der Waals surface area (Å²) in [7, 11) is 0. The summed E-state index contributed by atoms with van der Waals surface area (Å²) in [5.74, 6) is -0.851. The van der Waals surface area contributed by atoms with Crippen molar-refractivity contribution in [2.45, 2.75) is 13.8 Å². The van der Waals surface area contributed by atoms with Crippen LogP contribution in [0.5, 0.6) is 0 Å². The molecule has 0 amide bonds. The molecule has 0 aliphatic rings. The summed E-state index contributed by atoms with van der Waals surface area (Å²) < 4.78 is 5.98. The normalized spacial score (nSPS) is 10.9. The topological polar surface area (TPSA) is 43.4 Å². The van der Waals surface area contributed by atoms with Crippen LogP contribution in [-0.4, -0.2) is 18.4 Å². The van der Waals surface area contributed by atoms with E-state index < -0.39 is 5.97 Å². The summed E-state index contributed by atoms with van der Waals surface area (Å²) in [6.45, 7) is 3.43. The maximum absolute atomic E-state index is 12.3. The second-order valence-electron chi connectivity index (χ2n) is 5.70. The number of esters is 1. The fraction of sp³-hybridized carbons (Fsp3) is 0.158. The van der Waals surface area contributed by atoms with Crippen LogP contribution in [-0.2, 0) is 4.74 Å². The van der Waals surface area contributed by atoms with Gasteiger partial charge in [-0.05, 0) is 37.6 Å². The van der Waals surface area contributed by atoms with Gasteiger partial charge in [0, 0.05) is 20.7 Å². The molecule has 0 aliphatic carbocycles. The number of hydrogen-bond donors (Lipinski definition) is 0. The van der Waals surface area contributed by atoms with Gasteiger partial charge in [0.1, 0.15) is 4.88 Å². The van der Waals surface area contributed by atoms with Crippen LogP contribution in [0.4, 0.5) is 0 Å². The van der Waals surface area contributed by atoms with Gasteiger partial charge in [-0.25, -0.2) is 4.79 Å². The van der Waals surface area contributed by atoms with Crippen LogP contribution in [0.3, 0.4) is 0 Å². The molecule has 1 heterocycles. The van der Waals surface area contributed by atoms with Crippen molar-refractivity contribution >= 4 is 56.4 Å². The molecule has 3 aromatic rings. The highest BCUT2D eigenvalue weighted by Gasteiger charge is 2.20. The van der Waals surface area contributed by atoms with E-state index in [4.69, 9.17) is 27.9 Å². The van der Waals surface area contributed by atoms with Crippen molar-refractivity contribution in [2.75, 3.05) is 6.61 Å². The second kappa shape index (κ2) is 7.16. The number of ether oxygens (including phenoxy) is 1. The van der Waals surface area contributed by atoms with Crippen molar-refractivity contribution in [2.24, 2.45) is 0 Å². The van der Waals surface area contributed by atoms with Crippen LogP contribution in [0.1, 0.15) is 31.2 Å². The van der Waals surface area contributed by atoms with Crippen LogP contribution in [0.25, 0.3) is 10.1 Å². The van der Waals surface area contributed by atoms with Crippen molar-refractivity contribution in [3.8, 4) is 0 Å². The number of hydrogen-bond acceptors (Lipinski definition) is 4. The Morgan fingerprint density at radius 2 is 1.84 bits per heavy atom. The Balaban J connectivity index is 1.78. The zero-order valence-corrected chi connectivity index (χ0v) is 15.9. The summed E-state index contributed by atoms with van der Waals surface area (Å²) in [4.78, 5) is 24.9. The van der Waals surface area contributed by atoms with E-state index in [1.54, 1.807) is 24.3 Å². The van der Waals surface area contributed by atoms with Crippen LogP contribution < -0.4 is 0 Å². The Kier molecular flexibility index (Phi) is 5.13. The van der Waals surface area contributed by atoms with Gasteiger partial charge in [-0.15, -0.1) is 11.3 Å². The van der Waals surface area contributed by atoms with Crippen molar-refractivity contribution in [3.05, 3.63) is 68.0 Å². The molecule has 0 saturated carbocycles. The van der Waals surface area contributed by atoms with E-state index in [0.29, 0.717) is 15.6 Å². The van der Waals surface area contributed by atoms with Gasteiger partial charge >= 0.3 is 5.97 Å². The van der Waals surface area contributed by atoms with Crippen LogP contribution in [0.15, 0.2) is 36.4 Å². The maximum Gasteiger partial charge on any atom is 0.350 e. The first-order valence-electron chi connectivity index (χ1n) is 7.52. The van der Waals surface area contributed by atoms with E-state index in [1.807, 2.05) is 26.0 Å². The summed E-state index contributed by atoms with van der Waals surface area (Å²) >= 11 is 13.4. The maximum atomic E-state index is 12.3. The largest absolute Gasteiger partial charge is 0.453 e. The minimum atomic E-state index is -0.610. The number of halogens is 2. The molecule has 0 radical (unpaired) electrons. The van der Waals surface area contributed by atoms with Crippen molar-refractivity contribution < 1.29 is 14.3 Å². The third-order valence-corrected chi connectivity index (χ3v) is 5.68. The van der Waals surface area contributed by atoms with Gasteiger partial charge in [0.15, 0.2) is 6.61 Å². The van der Waals surface area contributed by atoms with Gasteiger partial charge in [-0.3, -0.25) is 4.79 Å². The molecule has 1 aromatic heterocycles. The number of carbonyl (C=O) groups excluding carboxylic acids is 2. The number of rotatable bonds is 4. The fourth-order valence-electron chi connectivity index (χ4n) is 2.48. The van der Waals surface area contributed by atoms with Gasteiger partial charge in [0.25, 0.3) is 0 Å². The Morgan fingerprint density at radius 1 is 1.08 bits per heavy atom. The van der Waals surface area contributed by atoms with Crippen molar-refractivity contribution in [1.29, 1.82) is 0 Å². The molecule has 0 saturated heterocycles. The highest BCUT2D eigenvalue weighted by Crippen LogP contribution is 2.37. The van der Waals surface area contributed by atoms with Gasteiger partial charge in [-0.1, -0.05) is 47.0 Å². The lowest BCUT2D eigenvalue weighted by molar-refractivity contribution is 0.0479. The van der Waals surface area contributed by atoms with E-state index in [9.17, 15) is 9.59 Å². The standard InChI is InChI=1S/C19H14Cl2O3S/c1-10-3-4-11(2)14(7-10)15(22)9-24-19(23)18-17(21)13-6-5-12(20)8-16(13)25-18/h3-8H,9H2,1-2H3. The predicted octanol–water partition coefficient (Wildman–Crippen LogP) is 5.86. The highest BCUT2D eigenvalue weighted by molar-refractivity contribution is 7.21. The minimum absolute atomic E-state index is 0.241. The Bertz CT molecular complexity index is 992. The van der Waals surface area contributed by atoms with E-state index in [-0.39, 0.29) is 17.3 Å². The Morgan fingerprint density at radius 3 is 2.60 bits per heavy atom. The Labute approximate surface area is 159 Å². The molecule has 0 fully saturated rings. The van der Waals surface area contributed by atoms with E-state index in [1.165, 1.54) is 11.3 Å². The number of benzene rings is 2. The summed E-state index contributed by atoms with van der Waals surface area (Å²) in [5, 5.41) is 1.63. The summed E-state index contributed by atoms with van der Waals surface area (Å²) in [5.41, 5.74) is 2.38. The lowest BCUT2D eigenvalue weighted by Gasteiger charge is -2.07. The highest BCUT2D eigenvalue weighted by atomic mass is 35.5. The van der Waals surface area contributed by atoms with Gasteiger partial charge in [0.05, 0.1) is 5.02 Å². The van der Waals surface area contributed by atoms with Crippen LogP contribution in [0, 0.1) is 13.8 Å². The minimum Gasteiger partial charge on any atom is -0.453 e. The average molecular weight is 393 g/mol. The predicted molar refractivity (Wildman–Crippen MR) is 102 cm³/mol. The number of ketones is 1. The summed E-state index contributed by atoms with van der Waals surface area (Å²) in [6.07, 6.45) is 0. The molecule has 25 heavy (non-hydrogen) atoms. The number of aryl methyl sites for hydroxylation is 2. The first kappa shape index (κ1) is 17.9. The Hall–Kier alpha value is -1.88. The van der Waals surface area contributed by atoms with Gasteiger partial charge in [0.2, 0.25) is 5.78 Å². The smallest absolute Gasteiger partial charge is 0.350 e. The van der Waals surface area contributed by atoms with Gasteiger partial charge < -0.3 is 4.74 Å². The van der Waals surface area contributed by atoms with E-state index >= 15 is 0 Å². The SMILES string of the molecule is Cc1ccc(C)c(C(=O)COC(=O)c2sc3cc(Cl)ccc3c2Cl)c1. The molecule has 3 rings (SSSR count). The molecule has 0 unspecified atom stereocenters. The molecule has 0 N–H and O–H groups in total. The van der Waals surface area contributed by atoms with E-state index in [0.717, 1.165) is 21.2 Å². The zero-order chi connectivity index (χ0) is 18.1. The number of thiophene rings is 1. The molecule has 3 nitrogen and oxygen atoms in total. The second-order valence-corrected chi connectivity index (χ2v) is 7.57. The molecule has 6 heteroatoms. The average Bonchev–Trinajstić information content (AvgIpc) is 2.90. The first-order valence-corrected chi connectivity index (χ1v) is 9.09. The molecule has 0 bridgehead atoms. The lowest BCUT2D eigenvalue weighted by Crippen LogP contribution is -2.15. The first-order chi connectivity index (χ1) is 11.9. The number of Topliss-reactive ketones (excluding diaryl/α,β-unsaturated/α-hetero) is 1. The monoisotopic (exact) mass is 392 g/mol. The molecule has 0 aliphatic heterocycles. The third kappa shape index (κ3) is 3.71. The molecule has 128 valence electrons. The number of carbonyl (C=O) groups is 2. The lowest BCUT2D eigenvalue weighted by atomic mass is 10.0. The summed E-state index contributed by atoms with van der Waals surface area (Å²) in [6, 6.07) is 10.8. The zero-order valence-electron chi connectivity index (χ0n) is 13.6. The van der Waals surface area contributed by atoms with Crippen LogP contribution in [0.2, 0.25) is 10.0 Å². The van der Waals surface area contributed by atoms with Crippen molar-refractivity contribution in [1.82, 2.24) is 0 Å². The fourth-order valence-corrected chi connectivity index (χ4v) is 4.16. The van der Waals surface area contributed by atoms with Gasteiger partial charge in [-0.2, -0.15) is 0 Å². The van der Waals surface area contributed by atoms with E-state index in [2.05, 4.69) is 0 Å². The number of fused-ring (bicyclic) bond motifs is 1. The quantitative estimate of drug-likeness (QED) is 0.412. The third-order valence-electron chi connectivity index (χ3n) is 3.80. The molecular weight excluding hydrogens is 379 g/mol. The van der Waals surface area contributed by atoms with Crippen LogP contribution >= 0.6 is 34.5 Å². The molecule has 0 spiro atoms. The molecule has 2 aromatic carbocycles. The molecular formula is C19H14Cl2O3S.